The minimum Gasteiger partial charge on any atom is -0.454 e. The van der Waals surface area contributed by atoms with Crippen molar-refractivity contribution in [1.29, 1.82) is 0 Å². The highest BCUT2D eigenvalue weighted by Crippen LogP contribution is 2.37. The number of benzene rings is 1. The van der Waals surface area contributed by atoms with Gasteiger partial charge in [-0.1, -0.05) is 19.1 Å². The van der Waals surface area contributed by atoms with Crippen molar-refractivity contribution in [2.45, 2.75) is 36.3 Å². The number of amides is 2. The largest absolute Gasteiger partial charge is 0.454 e. The maximum atomic E-state index is 12.5. The number of thioether (sulfide) groups is 1. The van der Waals surface area contributed by atoms with Crippen molar-refractivity contribution < 1.29 is 19.1 Å². The first-order valence-electron chi connectivity index (χ1n) is 8.54. The van der Waals surface area contributed by atoms with E-state index in [0.29, 0.717) is 11.8 Å². The van der Waals surface area contributed by atoms with E-state index >= 15 is 0 Å². The fourth-order valence-electron chi connectivity index (χ4n) is 2.67. The molecule has 1 heterocycles. The minimum absolute atomic E-state index is 0.0440. The molecule has 1 saturated carbocycles. The maximum absolute atomic E-state index is 12.5. The quantitative estimate of drug-likeness (QED) is 0.811. The van der Waals surface area contributed by atoms with Gasteiger partial charge in [0.1, 0.15) is 6.54 Å². The molecule has 0 bridgehead atoms. The van der Waals surface area contributed by atoms with Gasteiger partial charge >= 0.3 is 5.97 Å². The minimum atomic E-state index is -0.590. The molecule has 1 fully saturated rings. The van der Waals surface area contributed by atoms with E-state index in [0.717, 1.165) is 29.8 Å². The summed E-state index contributed by atoms with van der Waals surface area (Å²) >= 11 is 1.75. The molecule has 0 saturated heterocycles. The molecule has 1 aliphatic heterocycles. The first-order chi connectivity index (χ1) is 12.0. The zero-order chi connectivity index (χ0) is 17.8. The lowest BCUT2D eigenvalue weighted by atomic mass is 10.2. The average molecular weight is 362 g/mol. The van der Waals surface area contributed by atoms with Crippen LogP contribution in [0.1, 0.15) is 26.2 Å². The van der Waals surface area contributed by atoms with E-state index in [1.165, 1.54) is 0 Å². The highest BCUT2D eigenvalue weighted by Gasteiger charge is 2.30. The Morgan fingerprint density at radius 2 is 2.00 bits per heavy atom. The molecule has 0 aromatic heterocycles. The Morgan fingerprint density at radius 3 is 2.76 bits per heavy atom. The third-order valence-electron chi connectivity index (χ3n) is 4.26. The van der Waals surface area contributed by atoms with Crippen molar-refractivity contribution in [2.24, 2.45) is 5.92 Å². The molecule has 0 radical (unpaired) electrons. The van der Waals surface area contributed by atoms with Gasteiger partial charge in [0.25, 0.3) is 5.91 Å². The number of carbonyl (C=O) groups is 3. The molecule has 1 aliphatic carbocycles. The summed E-state index contributed by atoms with van der Waals surface area (Å²) < 4.78 is 5.04. The molecule has 134 valence electrons. The van der Waals surface area contributed by atoms with E-state index in [2.05, 4.69) is 12.2 Å². The molecule has 0 spiro atoms. The first-order valence-corrected chi connectivity index (χ1v) is 9.42. The summed E-state index contributed by atoms with van der Waals surface area (Å²) in [5, 5.41) is 2.95. The van der Waals surface area contributed by atoms with Gasteiger partial charge in [-0.15, -0.1) is 11.8 Å². The smallest absolute Gasteiger partial charge is 0.325 e. The number of ether oxygens (including phenoxy) is 1. The zero-order valence-electron chi connectivity index (χ0n) is 14.2. The number of rotatable bonds is 5. The van der Waals surface area contributed by atoms with E-state index < -0.39 is 5.97 Å². The number of nitrogens with zero attached hydrogens (tertiary/aromatic N) is 1. The van der Waals surface area contributed by atoms with Gasteiger partial charge in [0, 0.05) is 22.6 Å². The Bertz CT molecular complexity index is 675. The normalized spacial score (nSPS) is 19.6. The summed E-state index contributed by atoms with van der Waals surface area (Å²) in [7, 11) is 0. The summed E-state index contributed by atoms with van der Waals surface area (Å²) in [6.07, 6.45) is 2.63. The second-order valence-corrected chi connectivity index (χ2v) is 7.86. The molecule has 0 unspecified atom stereocenters. The molecule has 1 N–H and O–H groups in total. The van der Waals surface area contributed by atoms with Gasteiger partial charge in [0.15, 0.2) is 6.61 Å². The third kappa shape index (κ3) is 4.75. The van der Waals surface area contributed by atoms with E-state index in [9.17, 15) is 14.4 Å². The van der Waals surface area contributed by atoms with Gasteiger partial charge in [-0.05, 0) is 31.4 Å². The van der Waals surface area contributed by atoms with Crippen LogP contribution in [0.4, 0.5) is 5.69 Å². The number of anilines is 1. The second-order valence-electron chi connectivity index (χ2n) is 6.38. The fourth-order valence-corrected chi connectivity index (χ4v) is 3.78. The lowest BCUT2D eigenvalue weighted by Gasteiger charge is -2.22. The zero-order valence-corrected chi connectivity index (χ0v) is 15.0. The molecular weight excluding hydrogens is 340 g/mol. The van der Waals surface area contributed by atoms with Gasteiger partial charge in [0.2, 0.25) is 5.91 Å². The topological polar surface area (TPSA) is 75.7 Å². The van der Waals surface area contributed by atoms with Crippen LogP contribution in [0.25, 0.3) is 0 Å². The van der Waals surface area contributed by atoms with Gasteiger partial charge in [-0.25, -0.2) is 0 Å². The van der Waals surface area contributed by atoms with Gasteiger partial charge in [-0.2, -0.15) is 0 Å². The van der Waals surface area contributed by atoms with Gasteiger partial charge in [-0.3, -0.25) is 14.4 Å². The standard InChI is InChI=1S/C18H22N2O4S/c1-12-8-9-20(14-4-2-3-5-15(14)25-12)16(21)11-24-17(22)10-19-18(23)13-6-7-13/h2-5,12-13H,6-11H2,1H3,(H,19,23)/t12-/m0/s1. The number of nitrogens with one attached hydrogen (secondary N) is 1. The predicted octanol–water partition coefficient (Wildman–Crippen LogP) is 1.97. The number of hydrogen-bond donors (Lipinski definition) is 1. The average Bonchev–Trinajstić information content (AvgIpc) is 3.44. The van der Waals surface area contributed by atoms with Crippen molar-refractivity contribution >= 4 is 35.2 Å². The molecular formula is C18H22N2O4S. The predicted molar refractivity (Wildman–Crippen MR) is 95.4 cm³/mol. The molecule has 25 heavy (non-hydrogen) atoms. The number of fused-ring (bicyclic) bond motifs is 1. The Balaban J connectivity index is 1.53. The number of hydrogen-bond acceptors (Lipinski definition) is 5. The number of esters is 1. The lowest BCUT2D eigenvalue weighted by molar-refractivity contribution is -0.147. The summed E-state index contributed by atoms with van der Waals surface area (Å²) in [4.78, 5) is 38.5. The lowest BCUT2D eigenvalue weighted by Crippen LogP contribution is -2.37. The Morgan fingerprint density at radius 1 is 1.24 bits per heavy atom. The van der Waals surface area contributed by atoms with Crippen LogP contribution in [0.3, 0.4) is 0 Å². The summed E-state index contributed by atoms with van der Waals surface area (Å²) in [5.74, 6) is -0.907. The summed E-state index contributed by atoms with van der Waals surface area (Å²) in [6, 6.07) is 7.77. The van der Waals surface area contributed by atoms with E-state index in [1.807, 2.05) is 24.3 Å². The van der Waals surface area contributed by atoms with Crippen molar-refractivity contribution in [2.75, 3.05) is 24.6 Å². The molecule has 2 amide bonds. The third-order valence-corrected chi connectivity index (χ3v) is 5.49. The van der Waals surface area contributed by atoms with E-state index in [-0.39, 0.29) is 30.9 Å². The summed E-state index contributed by atoms with van der Waals surface area (Å²) in [6.45, 7) is 2.23. The summed E-state index contributed by atoms with van der Waals surface area (Å²) in [5.41, 5.74) is 0.861. The molecule has 7 heteroatoms. The van der Waals surface area contributed by atoms with E-state index in [1.54, 1.807) is 16.7 Å². The van der Waals surface area contributed by atoms with Crippen molar-refractivity contribution in [1.82, 2.24) is 5.32 Å². The Labute approximate surface area is 151 Å². The molecule has 3 rings (SSSR count). The number of carbonyl (C=O) groups excluding carboxylic acids is 3. The Kier molecular flexibility index (Phi) is 5.63. The highest BCUT2D eigenvalue weighted by molar-refractivity contribution is 8.00. The van der Waals surface area contributed by atoms with Crippen LogP contribution in [0.2, 0.25) is 0 Å². The molecule has 1 aromatic carbocycles. The molecule has 2 aliphatic rings. The van der Waals surface area contributed by atoms with Crippen molar-refractivity contribution in [3.05, 3.63) is 24.3 Å². The number of para-hydroxylation sites is 1. The highest BCUT2D eigenvalue weighted by atomic mass is 32.2. The van der Waals surface area contributed by atoms with Crippen LogP contribution in [-0.4, -0.2) is 42.7 Å². The SMILES string of the molecule is C[C@H]1CCN(C(=O)COC(=O)CNC(=O)C2CC2)c2ccccc2S1. The van der Waals surface area contributed by atoms with Crippen LogP contribution in [0.5, 0.6) is 0 Å². The van der Waals surface area contributed by atoms with Crippen molar-refractivity contribution in [3.63, 3.8) is 0 Å². The van der Waals surface area contributed by atoms with Gasteiger partial charge < -0.3 is 15.0 Å². The maximum Gasteiger partial charge on any atom is 0.325 e. The van der Waals surface area contributed by atoms with Gasteiger partial charge in [0.05, 0.1) is 5.69 Å². The van der Waals surface area contributed by atoms with Crippen LogP contribution in [0, 0.1) is 5.92 Å². The monoisotopic (exact) mass is 362 g/mol. The van der Waals surface area contributed by atoms with Crippen LogP contribution in [-0.2, 0) is 19.1 Å². The molecule has 1 atom stereocenters. The fraction of sp³-hybridized carbons (Fsp3) is 0.500. The van der Waals surface area contributed by atoms with Crippen LogP contribution in [0.15, 0.2) is 29.2 Å². The second kappa shape index (κ2) is 7.91. The van der Waals surface area contributed by atoms with Crippen molar-refractivity contribution in [3.8, 4) is 0 Å². The Hall–Kier alpha value is -2.02. The molecule has 6 nitrogen and oxygen atoms in total. The molecule has 1 aromatic rings. The first kappa shape index (κ1) is 17.8. The van der Waals surface area contributed by atoms with Crippen LogP contribution >= 0.6 is 11.8 Å². The van der Waals surface area contributed by atoms with Crippen LogP contribution < -0.4 is 10.2 Å². The van der Waals surface area contributed by atoms with E-state index in [4.69, 9.17) is 4.74 Å².